The maximum Gasteiger partial charge on any atom is 0.309 e. The Morgan fingerprint density at radius 3 is 2.44 bits per heavy atom. The molecule has 91 valence electrons. The van der Waals surface area contributed by atoms with E-state index in [4.69, 9.17) is 9.47 Å². The summed E-state index contributed by atoms with van der Waals surface area (Å²) in [6.45, 7) is 3.48. The highest BCUT2D eigenvalue weighted by Gasteiger charge is 2.17. The molecule has 1 fully saturated rings. The second-order valence-corrected chi connectivity index (χ2v) is 3.97. The Labute approximate surface area is 96.3 Å². The molecule has 4 heteroatoms. The lowest BCUT2D eigenvalue weighted by atomic mass is 9.98. The van der Waals surface area contributed by atoms with Gasteiger partial charge in [0.05, 0.1) is 6.42 Å². The van der Waals surface area contributed by atoms with Crippen molar-refractivity contribution in [3.63, 3.8) is 0 Å². The third-order valence-corrected chi connectivity index (χ3v) is 2.62. The van der Waals surface area contributed by atoms with E-state index < -0.39 is 0 Å². The van der Waals surface area contributed by atoms with E-state index in [1.54, 1.807) is 0 Å². The molecule has 1 saturated carbocycles. The fourth-order valence-electron chi connectivity index (χ4n) is 1.75. The Morgan fingerprint density at radius 1 is 1.12 bits per heavy atom. The minimum absolute atomic E-state index is 0.0739. The van der Waals surface area contributed by atoms with Gasteiger partial charge in [-0.05, 0) is 32.6 Å². The largest absolute Gasteiger partial charge is 0.465 e. The highest BCUT2D eigenvalue weighted by atomic mass is 16.6. The first-order chi connectivity index (χ1) is 7.72. The lowest BCUT2D eigenvalue weighted by Crippen LogP contribution is -2.22. The molecule has 0 heterocycles. The Hall–Kier alpha value is -1.06. The molecule has 1 aliphatic carbocycles. The van der Waals surface area contributed by atoms with Crippen molar-refractivity contribution in [1.82, 2.24) is 0 Å². The fraction of sp³-hybridized carbons (Fsp3) is 0.750. The number of rotatable bonds is 5. The van der Waals surface area contributed by atoms with Crippen LogP contribution in [0.1, 0.15) is 44.9 Å². The molecule has 0 saturated heterocycles. The average Bonchev–Trinajstić information content (AvgIpc) is 2.30. The molecule has 1 rings (SSSR count). The summed E-state index contributed by atoms with van der Waals surface area (Å²) in [5.41, 5.74) is 0. The molecule has 16 heavy (non-hydrogen) atoms. The predicted molar refractivity (Wildman–Crippen MR) is 58.5 cm³/mol. The van der Waals surface area contributed by atoms with Crippen molar-refractivity contribution in [3.8, 4) is 0 Å². The SMILES string of the molecule is [CH2]CC(=O)OCCC(=O)OC1CCCCC1. The number of ether oxygens (including phenoxy) is 2. The molecule has 0 atom stereocenters. The maximum absolute atomic E-state index is 11.4. The summed E-state index contributed by atoms with van der Waals surface area (Å²) in [7, 11) is 0. The first kappa shape index (κ1) is 13.0. The van der Waals surface area contributed by atoms with Crippen molar-refractivity contribution in [3.05, 3.63) is 6.92 Å². The maximum atomic E-state index is 11.4. The van der Waals surface area contributed by atoms with E-state index in [9.17, 15) is 9.59 Å². The molecule has 0 unspecified atom stereocenters. The Bertz CT molecular complexity index is 231. The van der Waals surface area contributed by atoms with Crippen LogP contribution in [0, 0.1) is 6.92 Å². The van der Waals surface area contributed by atoms with Gasteiger partial charge in [-0.3, -0.25) is 9.59 Å². The normalized spacial score (nSPS) is 16.8. The number of esters is 2. The highest BCUT2D eigenvalue weighted by Crippen LogP contribution is 2.20. The lowest BCUT2D eigenvalue weighted by Gasteiger charge is -2.21. The van der Waals surface area contributed by atoms with Gasteiger partial charge in [0.25, 0.3) is 0 Å². The van der Waals surface area contributed by atoms with Crippen molar-refractivity contribution < 1.29 is 19.1 Å². The molecule has 0 N–H and O–H groups in total. The van der Waals surface area contributed by atoms with Gasteiger partial charge in [-0.25, -0.2) is 0 Å². The van der Waals surface area contributed by atoms with Gasteiger partial charge in [0.15, 0.2) is 0 Å². The standard InChI is InChI=1S/C12H19O4/c1-2-11(13)15-9-8-12(14)16-10-6-4-3-5-7-10/h10H,1-9H2. The van der Waals surface area contributed by atoms with Crippen LogP contribution in [0.2, 0.25) is 0 Å². The van der Waals surface area contributed by atoms with Crippen LogP contribution in [0.25, 0.3) is 0 Å². The zero-order valence-corrected chi connectivity index (χ0v) is 9.57. The molecular weight excluding hydrogens is 208 g/mol. The van der Waals surface area contributed by atoms with Crippen LogP contribution in [-0.2, 0) is 19.1 Å². The third kappa shape index (κ3) is 5.14. The molecule has 0 bridgehead atoms. The Kier molecular flexibility index (Phi) is 5.90. The van der Waals surface area contributed by atoms with E-state index in [1.807, 2.05) is 0 Å². The van der Waals surface area contributed by atoms with Crippen molar-refractivity contribution in [2.24, 2.45) is 0 Å². The topological polar surface area (TPSA) is 52.6 Å². The average molecular weight is 227 g/mol. The van der Waals surface area contributed by atoms with Gasteiger partial charge < -0.3 is 9.47 Å². The monoisotopic (exact) mass is 227 g/mol. The van der Waals surface area contributed by atoms with Crippen LogP contribution in [0.3, 0.4) is 0 Å². The first-order valence-electron chi connectivity index (χ1n) is 5.86. The molecule has 0 amide bonds. The summed E-state index contributed by atoms with van der Waals surface area (Å²) in [5.74, 6) is -0.658. The summed E-state index contributed by atoms with van der Waals surface area (Å²) in [6.07, 6.45) is 5.73. The van der Waals surface area contributed by atoms with Gasteiger partial charge >= 0.3 is 11.9 Å². The van der Waals surface area contributed by atoms with Crippen molar-refractivity contribution in [2.75, 3.05) is 6.61 Å². The van der Waals surface area contributed by atoms with E-state index in [0.29, 0.717) is 0 Å². The van der Waals surface area contributed by atoms with E-state index in [1.165, 1.54) is 6.42 Å². The van der Waals surface area contributed by atoms with Gasteiger partial charge in [0.2, 0.25) is 0 Å². The molecular formula is C12H19O4. The smallest absolute Gasteiger partial charge is 0.309 e. The molecule has 0 aromatic rings. The molecule has 0 aliphatic heterocycles. The van der Waals surface area contributed by atoms with Gasteiger partial charge in [-0.15, -0.1) is 0 Å². The molecule has 0 aromatic heterocycles. The van der Waals surface area contributed by atoms with E-state index in [0.717, 1.165) is 25.7 Å². The van der Waals surface area contributed by atoms with Gasteiger partial charge in [-0.1, -0.05) is 6.42 Å². The van der Waals surface area contributed by atoms with E-state index in [-0.39, 0.29) is 37.5 Å². The van der Waals surface area contributed by atoms with Gasteiger partial charge in [-0.2, -0.15) is 0 Å². The van der Waals surface area contributed by atoms with Crippen molar-refractivity contribution in [1.29, 1.82) is 0 Å². The summed E-state index contributed by atoms with van der Waals surface area (Å²) in [4.78, 5) is 22.1. The second kappa shape index (κ2) is 7.25. The molecule has 0 spiro atoms. The predicted octanol–water partition coefficient (Wildman–Crippen LogP) is 2.02. The number of hydrogen-bond donors (Lipinski definition) is 0. The molecule has 1 aliphatic rings. The summed E-state index contributed by atoms with van der Waals surface area (Å²) in [6, 6.07) is 0. The summed E-state index contributed by atoms with van der Waals surface area (Å²) >= 11 is 0. The van der Waals surface area contributed by atoms with Crippen LogP contribution in [-0.4, -0.2) is 24.6 Å². The zero-order chi connectivity index (χ0) is 11.8. The number of carbonyl (C=O) groups is 2. The van der Waals surface area contributed by atoms with Crippen LogP contribution in [0.15, 0.2) is 0 Å². The second-order valence-electron chi connectivity index (χ2n) is 3.97. The third-order valence-electron chi connectivity index (χ3n) is 2.62. The first-order valence-corrected chi connectivity index (χ1v) is 5.86. The molecule has 4 nitrogen and oxygen atoms in total. The lowest BCUT2D eigenvalue weighted by molar-refractivity contribution is -0.153. The van der Waals surface area contributed by atoms with E-state index in [2.05, 4.69) is 6.92 Å². The molecule has 1 radical (unpaired) electrons. The summed E-state index contributed by atoms with van der Waals surface area (Å²) in [5, 5.41) is 0. The molecule has 0 aromatic carbocycles. The number of hydrogen-bond acceptors (Lipinski definition) is 4. The minimum Gasteiger partial charge on any atom is -0.465 e. The number of carbonyl (C=O) groups excluding carboxylic acids is 2. The fourth-order valence-corrected chi connectivity index (χ4v) is 1.75. The van der Waals surface area contributed by atoms with E-state index >= 15 is 0 Å². The summed E-state index contributed by atoms with van der Waals surface area (Å²) < 4.78 is 10.0. The Balaban J connectivity index is 2.08. The van der Waals surface area contributed by atoms with Crippen LogP contribution < -0.4 is 0 Å². The van der Waals surface area contributed by atoms with Gasteiger partial charge in [0.1, 0.15) is 12.7 Å². The van der Waals surface area contributed by atoms with Crippen molar-refractivity contribution >= 4 is 11.9 Å². The van der Waals surface area contributed by atoms with Gasteiger partial charge in [0, 0.05) is 6.42 Å². The zero-order valence-electron chi connectivity index (χ0n) is 9.57. The quantitative estimate of drug-likeness (QED) is 0.674. The van der Waals surface area contributed by atoms with Crippen LogP contribution in [0.4, 0.5) is 0 Å². The van der Waals surface area contributed by atoms with Crippen LogP contribution >= 0.6 is 0 Å². The minimum atomic E-state index is -0.384. The van der Waals surface area contributed by atoms with Crippen LogP contribution in [0.5, 0.6) is 0 Å². The highest BCUT2D eigenvalue weighted by molar-refractivity contribution is 5.72. The Morgan fingerprint density at radius 2 is 1.81 bits per heavy atom. The van der Waals surface area contributed by atoms with Crippen molar-refractivity contribution in [2.45, 2.75) is 51.0 Å².